The number of fused-ring (bicyclic) bond motifs is 4. The average molecular weight is 180 g/mol. The van der Waals surface area contributed by atoms with E-state index in [1.807, 2.05) is 0 Å². The third-order valence-corrected chi connectivity index (χ3v) is 4.26. The number of hydrogen-bond donors (Lipinski definition) is 0. The maximum atomic E-state index is 11.2. The Morgan fingerprint density at radius 2 is 2.08 bits per heavy atom. The molecule has 1 heteroatoms. The molecule has 13 heavy (non-hydrogen) atoms. The number of rotatable bonds is 1. The molecule has 4 unspecified atom stereocenters. The van der Waals surface area contributed by atoms with E-state index >= 15 is 0 Å². The Labute approximate surface area is 80.9 Å². The lowest BCUT2D eigenvalue weighted by molar-refractivity contribution is -0.119. The molecule has 74 valence electrons. The summed E-state index contributed by atoms with van der Waals surface area (Å²) >= 11 is 0. The molecule has 1 nitrogen and oxygen atoms in total. The number of aldehydes is 1. The van der Waals surface area contributed by atoms with E-state index in [2.05, 4.69) is 13.8 Å². The van der Waals surface area contributed by atoms with Crippen LogP contribution in [0.25, 0.3) is 0 Å². The van der Waals surface area contributed by atoms with Crippen molar-refractivity contribution in [3.63, 3.8) is 0 Å². The normalized spacial score (nSPS) is 50.2. The van der Waals surface area contributed by atoms with Crippen molar-refractivity contribution in [3.8, 4) is 0 Å². The standard InChI is InChI=1S/C12H20O/c1-9-5-11-3-4-12(6-9,8-13)7-10(11)2/h8-11H,3-7H2,1-2H3. The molecule has 3 aliphatic carbocycles. The average Bonchev–Trinajstić information content (AvgIpc) is 2.31. The zero-order valence-electron chi connectivity index (χ0n) is 8.75. The molecular weight excluding hydrogens is 160 g/mol. The van der Waals surface area contributed by atoms with Crippen molar-refractivity contribution in [1.82, 2.24) is 0 Å². The van der Waals surface area contributed by atoms with Crippen LogP contribution in [-0.2, 0) is 4.79 Å². The predicted octanol–water partition coefficient (Wildman–Crippen LogP) is 3.04. The summed E-state index contributed by atoms with van der Waals surface area (Å²) in [5.41, 5.74) is 0.0752. The van der Waals surface area contributed by atoms with Gasteiger partial charge in [-0.1, -0.05) is 13.8 Å². The molecule has 0 spiro atoms. The van der Waals surface area contributed by atoms with Gasteiger partial charge in [0, 0.05) is 5.41 Å². The van der Waals surface area contributed by atoms with Crippen LogP contribution in [0.15, 0.2) is 0 Å². The molecule has 0 aromatic heterocycles. The van der Waals surface area contributed by atoms with Gasteiger partial charge in [0.1, 0.15) is 6.29 Å². The first-order chi connectivity index (χ1) is 6.15. The zero-order valence-corrected chi connectivity index (χ0v) is 8.75. The van der Waals surface area contributed by atoms with Crippen LogP contribution in [0.4, 0.5) is 0 Å². The molecule has 0 aromatic carbocycles. The molecule has 3 aliphatic rings. The van der Waals surface area contributed by atoms with Crippen molar-refractivity contribution in [2.75, 3.05) is 0 Å². The molecule has 0 aromatic rings. The van der Waals surface area contributed by atoms with Crippen LogP contribution in [-0.4, -0.2) is 6.29 Å². The first-order valence-corrected chi connectivity index (χ1v) is 5.61. The molecular formula is C12H20O. The van der Waals surface area contributed by atoms with E-state index in [-0.39, 0.29) is 5.41 Å². The van der Waals surface area contributed by atoms with E-state index in [0.29, 0.717) is 0 Å². The smallest absolute Gasteiger partial charge is 0.126 e. The minimum absolute atomic E-state index is 0.0752. The SMILES string of the molecule is CC1CC2CCC(C=O)(C1)CC2C. The Hall–Kier alpha value is -0.330. The van der Waals surface area contributed by atoms with E-state index < -0.39 is 0 Å². The number of carbonyl (C=O) groups is 1. The van der Waals surface area contributed by atoms with Gasteiger partial charge in [0.15, 0.2) is 0 Å². The molecule has 0 radical (unpaired) electrons. The monoisotopic (exact) mass is 180 g/mol. The maximum absolute atomic E-state index is 11.2. The van der Waals surface area contributed by atoms with E-state index in [9.17, 15) is 4.79 Å². The van der Waals surface area contributed by atoms with Crippen molar-refractivity contribution in [2.45, 2.75) is 46.0 Å². The molecule has 4 atom stereocenters. The summed E-state index contributed by atoms with van der Waals surface area (Å²) in [6, 6.07) is 0. The number of carbonyl (C=O) groups excluding carboxylic acids is 1. The van der Waals surface area contributed by atoms with Crippen LogP contribution in [0.5, 0.6) is 0 Å². The van der Waals surface area contributed by atoms with E-state index in [4.69, 9.17) is 0 Å². The molecule has 0 heterocycles. The minimum Gasteiger partial charge on any atom is -0.303 e. The highest BCUT2D eigenvalue weighted by Crippen LogP contribution is 2.51. The highest BCUT2D eigenvalue weighted by atomic mass is 16.1. The van der Waals surface area contributed by atoms with Crippen LogP contribution in [0.1, 0.15) is 46.0 Å². The lowest BCUT2D eigenvalue weighted by Gasteiger charge is -2.36. The van der Waals surface area contributed by atoms with Crippen LogP contribution in [0.3, 0.4) is 0 Å². The Bertz CT molecular complexity index is 207. The third kappa shape index (κ3) is 1.53. The lowest BCUT2D eigenvalue weighted by Crippen LogP contribution is -2.30. The van der Waals surface area contributed by atoms with Crippen LogP contribution < -0.4 is 0 Å². The fraction of sp³-hybridized carbons (Fsp3) is 0.917. The van der Waals surface area contributed by atoms with Crippen LogP contribution >= 0.6 is 0 Å². The highest BCUT2D eigenvalue weighted by Gasteiger charge is 2.43. The number of hydrogen-bond acceptors (Lipinski definition) is 1. The first kappa shape index (κ1) is 9.23. The van der Waals surface area contributed by atoms with Crippen LogP contribution in [0.2, 0.25) is 0 Å². The van der Waals surface area contributed by atoms with Crippen molar-refractivity contribution in [2.24, 2.45) is 23.2 Å². The molecule has 3 saturated carbocycles. The summed E-state index contributed by atoms with van der Waals surface area (Å²) in [5.74, 6) is 2.46. The summed E-state index contributed by atoms with van der Waals surface area (Å²) < 4.78 is 0. The molecule has 0 saturated heterocycles. The van der Waals surface area contributed by atoms with Gasteiger partial charge in [-0.25, -0.2) is 0 Å². The quantitative estimate of drug-likeness (QED) is 0.567. The molecule has 3 fully saturated rings. The predicted molar refractivity (Wildman–Crippen MR) is 53.4 cm³/mol. The second-order valence-corrected chi connectivity index (χ2v) is 5.51. The molecule has 3 rings (SSSR count). The summed E-state index contributed by atoms with van der Waals surface area (Å²) in [6.45, 7) is 4.65. The fourth-order valence-corrected chi connectivity index (χ4v) is 3.65. The minimum atomic E-state index is 0.0752. The lowest BCUT2D eigenvalue weighted by atomic mass is 9.68. The Morgan fingerprint density at radius 3 is 2.69 bits per heavy atom. The fourth-order valence-electron chi connectivity index (χ4n) is 3.65. The summed E-state index contributed by atoms with van der Waals surface area (Å²) in [5, 5.41) is 0. The molecule has 2 bridgehead atoms. The maximum Gasteiger partial charge on any atom is 0.126 e. The van der Waals surface area contributed by atoms with Crippen molar-refractivity contribution < 1.29 is 4.79 Å². The van der Waals surface area contributed by atoms with Gasteiger partial charge in [-0.15, -0.1) is 0 Å². The zero-order chi connectivity index (χ0) is 9.47. The van der Waals surface area contributed by atoms with E-state index in [1.54, 1.807) is 0 Å². The van der Waals surface area contributed by atoms with Gasteiger partial charge >= 0.3 is 0 Å². The van der Waals surface area contributed by atoms with Gasteiger partial charge in [-0.2, -0.15) is 0 Å². The van der Waals surface area contributed by atoms with Gasteiger partial charge in [0.2, 0.25) is 0 Å². The Balaban J connectivity index is 2.24. The van der Waals surface area contributed by atoms with Gasteiger partial charge in [0.25, 0.3) is 0 Å². The summed E-state index contributed by atoms with van der Waals surface area (Å²) in [7, 11) is 0. The topological polar surface area (TPSA) is 17.1 Å². The Morgan fingerprint density at radius 1 is 1.31 bits per heavy atom. The van der Waals surface area contributed by atoms with Crippen molar-refractivity contribution >= 4 is 6.29 Å². The largest absolute Gasteiger partial charge is 0.303 e. The summed E-state index contributed by atoms with van der Waals surface area (Å²) in [4.78, 5) is 11.2. The van der Waals surface area contributed by atoms with E-state index in [1.165, 1.54) is 19.1 Å². The summed E-state index contributed by atoms with van der Waals surface area (Å²) in [6.07, 6.45) is 7.39. The van der Waals surface area contributed by atoms with Gasteiger partial charge in [-0.05, 0) is 49.9 Å². The van der Waals surface area contributed by atoms with Gasteiger partial charge in [-0.3, -0.25) is 0 Å². The van der Waals surface area contributed by atoms with Crippen molar-refractivity contribution in [3.05, 3.63) is 0 Å². The van der Waals surface area contributed by atoms with Gasteiger partial charge in [0.05, 0.1) is 0 Å². The van der Waals surface area contributed by atoms with Crippen LogP contribution in [0, 0.1) is 23.2 Å². The highest BCUT2D eigenvalue weighted by molar-refractivity contribution is 5.59. The third-order valence-electron chi connectivity index (χ3n) is 4.26. The Kier molecular flexibility index (Phi) is 2.21. The van der Waals surface area contributed by atoms with Gasteiger partial charge < -0.3 is 4.79 Å². The second kappa shape index (κ2) is 3.11. The molecule has 0 N–H and O–H groups in total. The first-order valence-electron chi connectivity index (χ1n) is 5.61. The van der Waals surface area contributed by atoms with E-state index in [0.717, 1.165) is 37.0 Å². The molecule has 0 amide bonds. The second-order valence-electron chi connectivity index (χ2n) is 5.51. The van der Waals surface area contributed by atoms with Crippen molar-refractivity contribution in [1.29, 1.82) is 0 Å². The molecule has 0 aliphatic heterocycles.